The third kappa shape index (κ3) is 5.23. The summed E-state index contributed by atoms with van der Waals surface area (Å²) in [6.07, 6.45) is 4.13. The van der Waals surface area contributed by atoms with E-state index in [-0.39, 0.29) is 0 Å². The lowest BCUT2D eigenvalue weighted by Gasteiger charge is -2.08. The summed E-state index contributed by atoms with van der Waals surface area (Å²) in [5.41, 5.74) is 0. The van der Waals surface area contributed by atoms with E-state index >= 15 is 0 Å². The lowest BCUT2D eigenvalue weighted by atomic mass is 10.1. The molecule has 0 bridgehead atoms. The van der Waals surface area contributed by atoms with Crippen LogP contribution in [0, 0.1) is 5.92 Å². The van der Waals surface area contributed by atoms with Gasteiger partial charge in [-0.15, -0.1) is 23.4 Å². The molecule has 1 rings (SSSR count). The predicted molar refractivity (Wildman–Crippen MR) is 71.8 cm³/mol. The lowest BCUT2D eigenvalue weighted by molar-refractivity contribution is 0.552. The summed E-state index contributed by atoms with van der Waals surface area (Å²) in [5.74, 6) is 2.57. The van der Waals surface area contributed by atoms with Crippen LogP contribution in [0.5, 0.6) is 0 Å². The maximum Gasteiger partial charge on any atom is 0.110 e. The summed E-state index contributed by atoms with van der Waals surface area (Å²) in [6, 6.07) is 3.96. The first-order valence-electron chi connectivity index (χ1n) is 5.03. The van der Waals surface area contributed by atoms with Crippen molar-refractivity contribution in [1.29, 1.82) is 0 Å². The van der Waals surface area contributed by atoms with Gasteiger partial charge in [-0.2, -0.15) is 0 Å². The standard InChI is InChI=1S/C11H15BrClNS/c1-9(4-6-13)5-8-15-11-10(12)3-2-7-14-11/h2-3,7,9H,4-6,8H2,1H3. The quantitative estimate of drug-likeness (QED) is 0.563. The molecule has 0 saturated heterocycles. The first-order valence-corrected chi connectivity index (χ1v) is 7.34. The van der Waals surface area contributed by atoms with Gasteiger partial charge in [0.1, 0.15) is 5.03 Å². The summed E-state index contributed by atoms with van der Waals surface area (Å²) < 4.78 is 1.08. The minimum absolute atomic E-state index is 0.706. The van der Waals surface area contributed by atoms with E-state index in [1.807, 2.05) is 18.3 Å². The average molecular weight is 309 g/mol. The van der Waals surface area contributed by atoms with Crippen molar-refractivity contribution in [2.24, 2.45) is 5.92 Å². The zero-order valence-electron chi connectivity index (χ0n) is 8.75. The van der Waals surface area contributed by atoms with Crippen molar-refractivity contribution in [2.75, 3.05) is 11.6 Å². The Labute approximate surface area is 109 Å². The normalized spacial score (nSPS) is 12.7. The molecule has 0 amide bonds. The van der Waals surface area contributed by atoms with Gasteiger partial charge in [0.2, 0.25) is 0 Å². The summed E-state index contributed by atoms with van der Waals surface area (Å²) in [6.45, 7) is 2.25. The minimum Gasteiger partial charge on any atom is -0.249 e. The first kappa shape index (κ1) is 13.3. The van der Waals surface area contributed by atoms with Gasteiger partial charge in [0.05, 0.1) is 0 Å². The van der Waals surface area contributed by atoms with E-state index in [1.54, 1.807) is 11.8 Å². The SMILES string of the molecule is CC(CCCl)CCSc1ncccc1Br. The van der Waals surface area contributed by atoms with Crippen LogP contribution in [0.15, 0.2) is 27.8 Å². The van der Waals surface area contributed by atoms with E-state index < -0.39 is 0 Å². The second-order valence-electron chi connectivity index (χ2n) is 3.51. The number of pyridine rings is 1. The van der Waals surface area contributed by atoms with Gasteiger partial charge in [0.15, 0.2) is 0 Å². The van der Waals surface area contributed by atoms with Crippen LogP contribution in [-0.2, 0) is 0 Å². The van der Waals surface area contributed by atoms with Gasteiger partial charge in [0.25, 0.3) is 0 Å². The van der Waals surface area contributed by atoms with Gasteiger partial charge in [-0.3, -0.25) is 0 Å². The number of nitrogens with zero attached hydrogens (tertiary/aromatic N) is 1. The molecule has 1 unspecified atom stereocenters. The zero-order chi connectivity index (χ0) is 11.1. The Hall–Kier alpha value is 0.270. The van der Waals surface area contributed by atoms with Crippen molar-refractivity contribution >= 4 is 39.3 Å². The van der Waals surface area contributed by atoms with E-state index in [1.165, 1.54) is 6.42 Å². The molecule has 0 aliphatic rings. The highest BCUT2D eigenvalue weighted by molar-refractivity contribution is 9.10. The fourth-order valence-electron chi connectivity index (χ4n) is 1.16. The molecule has 0 saturated carbocycles. The third-order valence-electron chi connectivity index (χ3n) is 2.18. The summed E-state index contributed by atoms with van der Waals surface area (Å²) in [4.78, 5) is 4.31. The second-order valence-corrected chi connectivity index (χ2v) is 5.83. The van der Waals surface area contributed by atoms with E-state index in [2.05, 4.69) is 27.8 Å². The fraction of sp³-hybridized carbons (Fsp3) is 0.545. The topological polar surface area (TPSA) is 12.9 Å². The molecule has 0 aliphatic heterocycles. The Bertz CT molecular complexity index is 296. The molecule has 1 heterocycles. The smallest absolute Gasteiger partial charge is 0.110 e. The van der Waals surface area contributed by atoms with Crippen LogP contribution in [0.4, 0.5) is 0 Å². The van der Waals surface area contributed by atoms with Crippen molar-refractivity contribution in [1.82, 2.24) is 4.98 Å². The Morgan fingerprint density at radius 3 is 3.00 bits per heavy atom. The Kier molecular flexibility index (Phi) is 6.69. The highest BCUT2D eigenvalue weighted by Gasteiger charge is 2.04. The summed E-state index contributed by atoms with van der Waals surface area (Å²) in [5, 5.41) is 1.08. The molecule has 0 radical (unpaired) electrons. The van der Waals surface area contributed by atoms with Crippen molar-refractivity contribution in [3.05, 3.63) is 22.8 Å². The monoisotopic (exact) mass is 307 g/mol. The van der Waals surface area contributed by atoms with Crippen molar-refractivity contribution in [3.63, 3.8) is 0 Å². The highest BCUT2D eigenvalue weighted by atomic mass is 79.9. The predicted octanol–water partition coefficient (Wildman–Crippen LogP) is 4.59. The fourth-order valence-corrected chi connectivity index (χ4v) is 3.19. The van der Waals surface area contributed by atoms with Crippen LogP contribution in [0.2, 0.25) is 0 Å². The molecule has 0 aliphatic carbocycles. The van der Waals surface area contributed by atoms with E-state index in [0.717, 1.165) is 27.6 Å². The third-order valence-corrected chi connectivity index (χ3v) is 4.34. The van der Waals surface area contributed by atoms with Crippen molar-refractivity contribution in [3.8, 4) is 0 Å². The molecule has 0 aromatic carbocycles. The van der Waals surface area contributed by atoms with Gasteiger partial charge < -0.3 is 0 Å². The molecule has 4 heteroatoms. The number of hydrogen-bond acceptors (Lipinski definition) is 2. The number of alkyl halides is 1. The second kappa shape index (κ2) is 7.53. The first-order chi connectivity index (χ1) is 7.24. The highest BCUT2D eigenvalue weighted by Crippen LogP contribution is 2.26. The lowest BCUT2D eigenvalue weighted by Crippen LogP contribution is -1.97. The largest absolute Gasteiger partial charge is 0.249 e. The Morgan fingerprint density at radius 2 is 2.33 bits per heavy atom. The molecule has 1 aromatic rings. The van der Waals surface area contributed by atoms with Gasteiger partial charge in [-0.25, -0.2) is 4.98 Å². The number of rotatable bonds is 6. The molecule has 0 N–H and O–H groups in total. The molecular weight excluding hydrogens is 294 g/mol. The van der Waals surface area contributed by atoms with Crippen LogP contribution in [0.25, 0.3) is 0 Å². The number of hydrogen-bond donors (Lipinski definition) is 0. The van der Waals surface area contributed by atoms with Gasteiger partial charge in [-0.1, -0.05) is 6.92 Å². The molecule has 1 atom stereocenters. The van der Waals surface area contributed by atoms with Crippen LogP contribution in [-0.4, -0.2) is 16.6 Å². The van der Waals surface area contributed by atoms with E-state index in [4.69, 9.17) is 11.6 Å². The van der Waals surface area contributed by atoms with Crippen LogP contribution in [0.3, 0.4) is 0 Å². The van der Waals surface area contributed by atoms with Crippen molar-refractivity contribution in [2.45, 2.75) is 24.8 Å². The molecule has 1 aromatic heterocycles. The van der Waals surface area contributed by atoms with Crippen molar-refractivity contribution < 1.29 is 0 Å². The van der Waals surface area contributed by atoms with Gasteiger partial charge >= 0.3 is 0 Å². The van der Waals surface area contributed by atoms with Crippen LogP contribution >= 0.6 is 39.3 Å². The molecule has 84 valence electrons. The molecule has 0 fully saturated rings. The molecular formula is C11H15BrClNS. The number of aromatic nitrogens is 1. The molecule has 0 spiro atoms. The van der Waals surface area contributed by atoms with Crippen LogP contribution in [0.1, 0.15) is 19.8 Å². The zero-order valence-corrected chi connectivity index (χ0v) is 11.9. The number of halogens is 2. The van der Waals surface area contributed by atoms with E-state index in [9.17, 15) is 0 Å². The van der Waals surface area contributed by atoms with Crippen LogP contribution < -0.4 is 0 Å². The summed E-state index contributed by atoms with van der Waals surface area (Å²) >= 11 is 11.0. The Morgan fingerprint density at radius 1 is 1.53 bits per heavy atom. The molecule has 15 heavy (non-hydrogen) atoms. The molecule has 1 nitrogen and oxygen atoms in total. The maximum absolute atomic E-state index is 5.69. The minimum atomic E-state index is 0.706. The maximum atomic E-state index is 5.69. The van der Waals surface area contributed by atoms with Gasteiger partial charge in [0, 0.05) is 16.5 Å². The summed E-state index contributed by atoms with van der Waals surface area (Å²) in [7, 11) is 0. The Balaban J connectivity index is 2.29. The van der Waals surface area contributed by atoms with E-state index in [0.29, 0.717) is 5.92 Å². The average Bonchev–Trinajstić information content (AvgIpc) is 2.21. The van der Waals surface area contributed by atoms with Gasteiger partial charge in [-0.05, 0) is 52.6 Å². The number of thioether (sulfide) groups is 1.